The maximum Gasteiger partial charge on any atom is 0.303 e. The van der Waals surface area contributed by atoms with Crippen LogP contribution in [0, 0.1) is 0 Å². The number of carbonyl (C=O) groups is 1. The highest BCUT2D eigenvalue weighted by Gasteiger charge is 2.07. The van der Waals surface area contributed by atoms with Crippen molar-refractivity contribution in [3.8, 4) is 0 Å². The molecule has 0 aromatic carbocycles. The Kier molecular flexibility index (Phi) is 15.5. The molecule has 0 amide bonds. The van der Waals surface area contributed by atoms with Crippen molar-refractivity contribution < 1.29 is 9.90 Å². The van der Waals surface area contributed by atoms with Crippen LogP contribution in [-0.2, 0) is 17.8 Å². The molecule has 0 bridgehead atoms. The zero-order valence-corrected chi connectivity index (χ0v) is 18.1. The minimum atomic E-state index is -0.808. The van der Waals surface area contributed by atoms with Crippen LogP contribution in [0.3, 0.4) is 0 Å². The summed E-state index contributed by atoms with van der Waals surface area (Å²) in [5.41, 5.74) is 0. The van der Waals surface area contributed by atoms with Crippen LogP contribution in [0.1, 0.15) is 122 Å². The number of aromatic nitrogens is 4. The largest absolute Gasteiger partial charge is 0.481 e. The molecule has 0 radical (unpaired) electrons. The molecule has 6 nitrogen and oxygen atoms in total. The van der Waals surface area contributed by atoms with E-state index in [1.807, 2.05) is 0 Å². The topological polar surface area (TPSA) is 80.9 Å². The molecule has 0 saturated carbocycles. The molecule has 6 heteroatoms. The van der Waals surface area contributed by atoms with E-state index in [0.717, 1.165) is 13.0 Å². The van der Waals surface area contributed by atoms with Gasteiger partial charge in [-0.15, -0.1) is 5.10 Å². The second-order valence-corrected chi connectivity index (χ2v) is 8.02. The maximum absolute atomic E-state index is 10.6. The predicted molar refractivity (Wildman–Crippen MR) is 113 cm³/mol. The van der Waals surface area contributed by atoms with Crippen LogP contribution in [-0.4, -0.2) is 31.3 Å². The lowest BCUT2D eigenvalue weighted by atomic mass is 10.0. The standard InChI is InChI=1S/C22H42N4O2/c1-2-3-4-5-6-7-8-9-10-11-12-13-14-15-16-17-20-26-21(23-24-25-26)18-19-22(27)28/h2-20H2,1H3,(H,27,28). The van der Waals surface area contributed by atoms with Crippen molar-refractivity contribution in [2.45, 2.75) is 129 Å². The number of tetrazole rings is 1. The van der Waals surface area contributed by atoms with E-state index in [-0.39, 0.29) is 6.42 Å². The molecule has 1 aromatic rings. The van der Waals surface area contributed by atoms with Gasteiger partial charge in [0.15, 0.2) is 5.82 Å². The molecule has 0 spiro atoms. The molecule has 0 unspecified atom stereocenters. The number of carboxylic acid groups (broad SMARTS) is 1. The maximum atomic E-state index is 10.6. The zero-order chi connectivity index (χ0) is 20.3. The van der Waals surface area contributed by atoms with Gasteiger partial charge in [0, 0.05) is 13.0 Å². The summed E-state index contributed by atoms with van der Waals surface area (Å²) in [5.74, 6) is -0.125. The molecule has 0 saturated heterocycles. The van der Waals surface area contributed by atoms with Gasteiger partial charge in [0.1, 0.15) is 0 Å². The van der Waals surface area contributed by atoms with Gasteiger partial charge in [-0.2, -0.15) is 0 Å². The van der Waals surface area contributed by atoms with Gasteiger partial charge in [-0.05, 0) is 16.8 Å². The summed E-state index contributed by atoms with van der Waals surface area (Å²) in [6.45, 7) is 3.07. The SMILES string of the molecule is CCCCCCCCCCCCCCCCCCn1nnnc1CCC(=O)O. The molecule has 0 aliphatic carbocycles. The van der Waals surface area contributed by atoms with Gasteiger partial charge in [0.2, 0.25) is 0 Å². The molecule has 28 heavy (non-hydrogen) atoms. The smallest absolute Gasteiger partial charge is 0.303 e. The Bertz CT molecular complexity index is 491. The first kappa shape index (κ1) is 24.6. The summed E-state index contributed by atoms with van der Waals surface area (Å²) >= 11 is 0. The van der Waals surface area contributed by atoms with Crippen molar-refractivity contribution in [3.05, 3.63) is 5.82 Å². The second kappa shape index (κ2) is 17.6. The van der Waals surface area contributed by atoms with Gasteiger partial charge in [0.25, 0.3) is 0 Å². The quantitative estimate of drug-likeness (QED) is 0.276. The molecule has 1 aromatic heterocycles. The monoisotopic (exact) mass is 394 g/mol. The summed E-state index contributed by atoms with van der Waals surface area (Å²) < 4.78 is 1.76. The molecule has 0 aliphatic rings. The molecule has 0 fully saturated rings. The summed E-state index contributed by atoms with van der Waals surface area (Å²) in [6, 6.07) is 0. The van der Waals surface area contributed by atoms with Crippen LogP contribution in [0.5, 0.6) is 0 Å². The van der Waals surface area contributed by atoms with E-state index in [1.54, 1.807) is 4.68 Å². The number of rotatable bonds is 20. The highest BCUT2D eigenvalue weighted by molar-refractivity contribution is 5.66. The average molecular weight is 395 g/mol. The van der Waals surface area contributed by atoms with Gasteiger partial charge >= 0.3 is 5.97 Å². The number of carboxylic acids is 1. The van der Waals surface area contributed by atoms with Crippen LogP contribution in [0.2, 0.25) is 0 Å². The van der Waals surface area contributed by atoms with Gasteiger partial charge in [-0.25, -0.2) is 4.68 Å². The molecular formula is C22H42N4O2. The number of aryl methyl sites for hydroxylation is 2. The number of nitrogens with zero attached hydrogens (tertiary/aromatic N) is 4. The van der Waals surface area contributed by atoms with Crippen LogP contribution >= 0.6 is 0 Å². The molecule has 1 N–H and O–H groups in total. The van der Waals surface area contributed by atoms with Gasteiger partial charge in [0.05, 0.1) is 6.42 Å². The lowest BCUT2D eigenvalue weighted by Gasteiger charge is -2.05. The molecule has 1 rings (SSSR count). The summed E-state index contributed by atoms with van der Waals surface area (Å²) in [6.07, 6.45) is 22.2. The van der Waals surface area contributed by atoms with Crippen molar-refractivity contribution in [2.24, 2.45) is 0 Å². The zero-order valence-electron chi connectivity index (χ0n) is 18.1. The van der Waals surface area contributed by atoms with Gasteiger partial charge in [-0.1, -0.05) is 103 Å². The second-order valence-electron chi connectivity index (χ2n) is 8.02. The minimum absolute atomic E-state index is 0.0827. The van der Waals surface area contributed by atoms with Crippen molar-refractivity contribution in [3.63, 3.8) is 0 Å². The Morgan fingerprint density at radius 1 is 0.786 bits per heavy atom. The van der Waals surface area contributed by atoms with Crippen LogP contribution in [0.15, 0.2) is 0 Å². The highest BCUT2D eigenvalue weighted by Crippen LogP contribution is 2.14. The van der Waals surface area contributed by atoms with E-state index in [2.05, 4.69) is 22.4 Å². The summed E-state index contributed by atoms with van der Waals surface area (Å²) in [5, 5.41) is 20.3. The number of aliphatic carboxylic acids is 1. The number of unbranched alkanes of at least 4 members (excludes halogenated alkanes) is 15. The Hall–Kier alpha value is -1.46. The van der Waals surface area contributed by atoms with E-state index < -0.39 is 5.97 Å². The van der Waals surface area contributed by atoms with Crippen molar-refractivity contribution >= 4 is 5.97 Å². The lowest BCUT2D eigenvalue weighted by molar-refractivity contribution is -0.137. The van der Waals surface area contributed by atoms with E-state index in [0.29, 0.717) is 12.2 Å². The Morgan fingerprint density at radius 2 is 1.25 bits per heavy atom. The molecular weight excluding hydrogens is 352 g/mol. The molecule has 1 heterocycles. The first-order valence-electron chi connectivity index (χ1n) is 11.7. The van der Waals surface area contributed by atoms with Crippen molar-refractivity contribution in [1.29, 1.82) is 0 Å². The molecule has 162 valence electrons. The van der Waals surface area contributed by atoms with E-state index in [9.17, 15) is 4.79 Å². The first-order chi connectivity index (χ1) is 13.7. The fourth-order valence-corrected chi connectivity index (χ4v) is 3.60. The fourth-order valence-electron chi connectivity index (χ4n) is 3.60. The first-order valence-corrected chi connectivity index (χ1v) is 11.7. The Balaban J connectivity index is 1.84. The van der Waals surface area contributed by atoms with E-state index in [1.165, 1.54) is 96.3 Å². The van der Waals surface area contributed by atoms with E-state index >= 15 is 0 Å². The molecule has 0 aliphatic heterocycles. The third kappa shape index (κ3) is 13.7. The van der Waals surface area contributed by atoms with Crippen molar-refractivity contribution in [2.75, 3.05) is 0 Å². The third-order valence-corrected chi connectivity index (χ3v) is 5.39. The lowest BCUT2D eigenvalue weighted by Crippen LogP contribution is -2.08. The minimum Gasteiger partial charge on any atom is -0.481 e. The van der Waals surface area contributed by atoms with Crippen LogP contribution in [0.25, 0.3) is 0 Å². The summed E-state index contributed by atoms with van der Waals surface area (Å²) in [7, 11) is 0. The number of hydrogen-bond acceptors (Lipinski definition) is 4. The van der Waals surface area contributed by atoms with E-state index in [4.69, 9.17) is 5.11 Å². The van der Waals surface area contributed by atoms with Crippen molar-refractivity contribution in [1.82, 2.24) is 20.2 Å². The van der Waals surface area contributed by atoms with Gasteiger partial charge in [-0.3, -0.25) is 4.79 Å². The normalized spacial score (nSPS) is 11.2. The summed E-state index contributed by atoms with van der Waals surface area (Å²) in [4.78, 5) is 10.6. The van der Waals surface area contributed by atoms with Crippen LogP contribution < -0.4 is 0 Å². The Labute approximate surface area is 171 Å². The highest BCUT2D eigenvalue weighted by atomic mass is 16.4. The number of hydrogen-bond donors (Lipinski definition) is 1. The average Bonchev–Trinajstić information content (AvgIpc) is 3.13. The third-order valence-electron chi connectivity index (χ3n) is 5.39. The van der Waals surface area contributed by atoms with Gasteiger partial charge < -0.3 is 5.11 Å². The molecule has 0 atom stereocenters. The Morgan fingerprint density at radius 3 is 1.71 bits per heavy atom. The fraction of sp³-hybridized carbons (Fsp3) is 0.909. The predicted octanol–water partition coefficient (Wildman–Crippen LogP) is 5.95. The van der Waals surface area contributed by atoms with Crippen LogP contribution in [0.4, 0.5) is 0 Å².